The first-order valence-corrected chi connectivity index (χ1v) is 13.8. The summed E-state index contributed by atoms with van der Waals surface area (Å²) in [5, 5.41) is 2.77. The molecule has 8 heteroatoms. The summed E-state index contributed by atoms with van der Waals surface area (Å²) < 4.78 is 11.8. The molecule has 0 aliphatic carbocycles. The fourth-order valence-corrected chi connectivity index (χ4v) is 5.00. The monoisotopic (exact) mass is 552 g/mol. The third-order valence-electron chi connectivity index (χ3n) is 7.29. The number of rotatable bonds is 6. The van der Waals surface area contributed by atoms with Crippen LogP contribution in [0.1, 0.15) is 43.7 Å². The average Bonchev–Trinajstić information content (AvgIpc) is 3.42. The van der Waals surface area contributed by atoms with E-state index < -0.39 is 0 Å². The number of amides is 2. The van der Waals surface area contributed by atoms with Crippen molar-refractivity contribution in [2.45, 2.75) is 33.1 Å². The summed E-state index contributed by atoms with van der Waals surface area (Å²) in [5.41, 5.74) is 4.69. The van der Waals surface area contributed by atoms with Gasteiger partial charge in [-0.3, -0.25) is 9.59 Å². The van der Waals surface area contributed by atoms with Crippen LogP contribution in [0.3, 0.4) is 0 Å². The van der Waals surface area contributed by atoms with E-state index in [2.05, 4.69) is 43.1 Å². The van der Waals surface area contributed by atoms with E-state index in [-0.39, 0.29) is 22.9 Å². The molecule has 212 valence electrons. The molecule has 1 N–H and O–H groups in total. The van der Waals surface area contributed by atoms with Gasteiger partial charge in [-0.05, 0) is 59.5 Å². The Labute approximate surface area is 240 Å². The van der Waals surface area contributed by atoms with Crippen molar-refractivity contribution in [3.8, 4) is 28.5 Å². The van der Waals surface area contributed by atoms with Crippen LogP contribution in [0.5, 0.6) is 5.75 Å². The molecule has 1 aliphatic rings. The largest absolute Gasteiger partial charge is 0.495 e. The number of hydrogen-bond donors (Lipinski definition) is 1. The molecule has 41 heavy (non-hydrogen) atoms. The molecule has 1 aromatic heterocycles. The molecule has 8 nitrogen and oxygen atoms in total. The highest BCUT2D eigenvalue weighted by Gasteiger charge is 2.29. The molecule has 0 bridgehead atoms. The number of nitrogens with zero attached hydrogens (tertiary/aromatic N) is 3. The van der Waals surface area contributed by atoms with Gasteiger partial charge in [0.25, 0.3) is 5.91 Å². The number of carbonyl (C=O) groups excluding carboxylic acids is 2. The number of piperazine rings is 1. The molecule has 1 fully saturated rings. The smallest absolute Gasteiger partial charge is 0.276 e. The summed E-state index contributed by atoms with van der Waals surface area (Å²) in [6, 6.07) is 23.3. The Balaban J connectivity index is 1.44. The normalized spacial score (nSPS) is 13.7. The van der Waals surface area contributed by atoms with Crippen LogP contribution in [0.25, 0.3) is 22.8 Å². The fraction of sp³-hybridized carbons (Fsp3) is 0.303. The van der Waals surface area contributed by atoms with Gasteiger partial charge in [0.1, 0.15) is 5.75 Å². The summed E-state index contributed by atoms with van der Waals surface area (Å²) in [5.74, 6) is 1.29. The zero-order chi connectivity index (χ0) is 29.1. The van der Waals surface area contributed by atoms with E-state index in [1.165, 1.54) is 12.5 Å². The lowest BCUT2D eigenvalue weighted by Crippen LogP contribution is -2.49. The van der Waals surface area contributed by atoms with Gasteiger partial charge in [-0.2, -0.15) is 0 Å². The van der Waals surface area contributed by atoms with Crippen molar-refractivity contribution in [3.63, 3.8) is 0 Å². The van der Waals surface area contributed by atoms with E-state index >= 15 is 0 Å². The van der Waals surface area contributed by atoms with Crippen molar-refractivity contribution in [3.05, 3.63) is 84.1 Å². The summed E-state index contributed by atoms with van der Waals surface area (Å²) in [4.78, 5) is 34.2. The second-order valence-electron chi connectivity index (χ2n) is 11.2. The van der Waals surface area contributed by atoms with Gasteiger partial charge in [-0.25, -0.2) is 4.98 Å². The van der Waals surface area contributed by atoms with Gasteiger partial charge in [0, 0.05) is 49.9 Å². The maximum atomic E-state index is 13.9. The molecular formula is C33H36N4O4. The first kappa shape index (κ1) is 28.0. The lowest BCUT2D eigenvalue weighted by Gasteiger charge is -2.36. The minimum atomic E-state index is -0.174. The van der Waals surface area contributed by atoms with E-state index in [0.29, 0.717) is 49.1 Å². The lowest BCUT2D eigenvalue weighted by molar-refractivity contribution is -0.114. The molecule has 0 radical (unpaired) electrons. The molecule has 0 spiro atoms. The molecular weight excluding hydrogens is 516 g/mol. The first-order valence-electron chi connectivity index (χ1n) is 13.8. The third kappa shape index (κ3) is 6.11. The number of benzene rings is 3. The summed E-state index contributed by atoms with van der Waals surface area (Å²) in [6.07, 6.45) is 0. The maximum Gasteiger partial charge on any atom is 0.276 e. The Hall–Kier alpha value is -4.59. The molecule has 0 unspecified atom stereocenters. The van der Waals surface area contributed by atoms with Crippen LogP contribution in [0.2, 0.25) is 0 Å². The number of anilines is 2. The Bertz CT molecular complexity index is 1530. The molecule has 0 atom stereocenters. The molecule has 5 rings (SSSR count). The van der Waals surface area contributed by atoms with Gasteiger partial charge in [-0.1, -0.05) is 45.0 Å². The van der Waals surface area contributed by atoms with Gasteiger partial charge < -0.3 is 24.3 Å². The van der Waals surface area contributed by atoms with Crippen LogP contribution >= 0.6 is 0 Å². The highest BCUT2D eigenvalue weighted by atomic mass is 16.5. The molecule has 4 aromatic rings. The summed E-state index contributed by atoms with van der Waals surface area (Å²) >= 11 is 0. The lowest BCUT2D eigenvalue weighted by atomic mass is 9.87. The molecule has 1 aliphatic heterocycles. The molecule has 1 saturated heterocycles. The number of carbonyl (C=O) groups is 2. The van der Waals surface area contributed by atoms with Crippen LogP contribution < -0.4 is 15.0 Å². The molecule has 3 aromatic carbocycles. The van der Waals surface area contributed by atoms with Crippen LogP contribution in [0.4, 0.5) is 11.4 Å². The second kappa shape index (κ2) is 11.5. The number of aromatic nitrogens is 1. The quantitative estimate of drug-likeness (QED) is 0.305. The minimum Gasteiger partial charge on any atom is -0.495 e. The van der Waals surface area contributed by atoms with Crippen molar-refractivity contribution in [2.75, 3.05) is 43.5 Å². The Morgan fingerprint density at radius 2 is 1.51 bits per heavy atom. The molecule has 2 heterocycles. The van der Waals surface area contributed by atoms with Crippen LogP contribution in [0, 0.1) is 0 Å². The van der Waals surface area contributed by atoms with E-state index in [4.69, 9.17) is 14.1 Å². The van der Waals surface area contributed by atoms with Crippen molar-refractivity contribution in [1.82, 2.24) is 9.88 Å². The number of methoxy groups -OCH3 is 1. The fourth-order valence-electron chi connectivity index (χ4n) is 5.00. The Kier molecular flexibility index (Phi) is 7.83. The Morgan fingerprint density at radius 3 is 2.12 bits per heavy atom. The topological polar surface area (TPSA) is 87.9 Å². The van der Waals surface area contributed by atoms with Crippen molar-refractivity contribution >= 4 is 23.2 Å². The van der Waals surface area contributed by atoms with Crippen LogP contribution in [-0.2, 0) is 10.2 Å². The van der Waals surface area contributed by atoms with Gasteiger partial charge in [0.2, 0.25) is 11.8 Å². The number of para-hydroxylation sites is 2. The van der Waals surface area contributed by atoms with Crippen LogP contribution in [-0.4, -0.2) is 55.0 Å². The van der Waals surface area contributed by atoms with Crippen molar-refractivity contribution in [2.24, 2.45) is 0 Å². The average molecular weight is 553 g/mol. The highest BCUT2D eigenvalue weighted by molar-refractivity contribution is 5.98. The predicted molar refractivity (Wildman–Crippen MR) is 161 cm³/mol. The maximum absolute atomic E-state index is 13.9. The van der Waals surface area contributed by atoms with Gasteiger partial charge in [0.15, 0.2) is 11.5 Å². The number of hydrogen-bond acceptors (Lipinski definition) is 6. The summed E-state index contributed by atoms with van der Waals surface area (Å²) in [7, 11) is 1.67. The van der Waals surface area contributed by atoms with E-state index in [0.717, 1.165) is 17.0 Å². The zero-order valence-corrected chi connectivity index (χ0v) is 24.2. The van der Waals surface area contributed by atoms with E-state index in [9.17, 15) is 9.59 Å². The predicted octanol–water partition coefficient (Wildman–Crippen LogP) is 6.24. The van der Waals surface area contributed by atoms with Gasteiger partial charge in [-0.15, -0.1) is 0 Å². The SMILES string of the molecule is COc1ccccc1N1CCN(C(=O)c2nc(-c3ccc(C(C)(C)C)cc3)oc2-c2ccc(NC(C)=O)cc2)CC1. The summed E-state index contributed by atoms with van der Waals surface area (Å²) in [6.45, 7) is 10.4. The number of nitrogens with one attached hydrogen (secondary N) is 1. The standard InChI is InChI=1S/C33H36N4O4/c1-22(38)34-26-16-12-23(13-17-26)30-29(35-31(41-30)24-10-14-25(15-11-24)33(2,3)4)32(39)37-20-18-36(19-21-37)27-8-6-7-9-28(27)40-5/h6-17H,18-21H2,1-5H3,(H,34,38). The van der Waals surface area contributed by atoms with Crippen molar-refractivity contribution in [1.29, 1.82) is 0 Å². The van der Waals surface area contributed by atoms with Gasteiger partial charge in [0.05, 0.1) is 12.8 Å². The highest BCUT2D eigenvalue weighted by Crippen LogP contribution is 2.34. The van der Waals surface area contributed by atoms with E-state index in [1.54, 1.807) is 19.2 Å². The third-order valence-corrected chi connectivity index (χ3v) is 7.29. The number of ether oxygens (including phenoxy) is 1. The van der Waals surface area contributed by atoms with Crippen LogP contribution in [0.15, 0.2) is 77.2 Å². The Morgan fingerprint density at radius 1 is 0.878 bits per heavy atom. The number of oxazole rings is 1. The first-order chi connectivity index (χ1) is 19.6. The van der Waals surface area contributed by atoms with E-state index in [1.807, 2.05) is 53.4 Å². The minimum absolute atomic E-state index is 0.0168. The van der Waals surface area contributed by atoms with Gasteiger partial charge >= 0.3 is 0 Å². The zero-order valence-electron chi connectivity index (χ0n) is 24.2. The molecule has 2 amide bonds. The van der Waals surface area contributed by atoms with Crippen molar-refractivity contribution < 1.29 is 18.7 Å². The second-order valence-corrected chi connectivity index (χ2v) is 11.2. The molecule has 0 saturated carbocycles.